The third kappa shape index (κ3) is 4.00. The van der Waals surface area contributed by atoms with Crippen molar-refractivity contribution in [3.8, 4) is 11.5 Å². The molecule has 2 rings (SSSR count). The summed E-state index contributed by atoms with van der Waals surface area (Å²) in [5.74, 6) is 1.66. The molecule has 4 nitrogen and oxygen atoms in total. The Labute approximate surface area is 144 Å². The van der Waals surface area contributed by atoms with Gasteiger partial charge in [-0.05, 0) is 27.7 Å². The number of hydrogen-bond donors (Lipinski definition) is 0. The zero-order chi connectivity index (χ0) is 17.7. The number of ether oxygens (including phenoxy) is 4. The summed E-state index contributed by atoms with van der Waals surface area (Å²) in [4.78, 5) is 0. The van der Waals surface area contributed by atoms with Crippen LogP contribution in [0.2, 0.25) is 0 Å². The Morgan fingerprint density at radius 3 is 1.38 bits per heavy atom. The molecule has 0 amide bonds. The molecule has 0 aromatic heterocycles. The molecule has 0 atom stereocenters. The Balaban J connectivity index is 2.67. The van der Waals surface area contributed by atoms with E-state index in [0.717, 1.165) is 33.4 Å². The largest absolute Gasteiger partial charge is 0.496 e. The van der Waals surface area contributed by atoms with Gasteiger partial charge >= 0.3 is 0 Å². The normalized spacial score (nSPS) is 11.5. The van der Waals surface area contributed by atoms with E-state index in [1.807, 2.05) is 52.0 Å². The summed E-state index contributed by atoms with van der Waals surface area (Å²) in [6.45, 7) is 9.01. The summed E-state index contributed by atoms with van der Waals surface area (Å²) in [6.07, 6.45) is 0.261. The van der Waals surface area contributed by atoms with Gasteiger partial charge in [0.2, 0.25) is 0 Å². The van der Waals surface area contributed by atoms with Crippen LogP contribution >= 0.6 is 0 Å². The molecule has 0 saturated heterocycles. The Morgan fingerprint density at radius 2 is 1.08 bits per heavy atom. The van der Waals surface area contributed by atoms with Crippen molar-refractivity contribution in [1.82, 2.24) is 0 Å². The van der Waals surface area contributed by atoms with Crippen molar-refractivity contribution in [2.75, 3.05) is 14.2 Å². The van der Waals surface area contributed by atoms with Crippen LogP contribution in [0.4, 0.5) is 0 Å². The first-order valence-electron chi connectivity index (χ1n) is 8.37. The summed E-state index contributed by atoms with van der Waals surface area (Å²) in [6, 6.07) is 8.09. The summed E-state index contributed by atoms with van der Waals surface area (Å²) < 4.78 is 23.2. The zero-order valence-electron chi connectivity index (χ0n) is 15.5. The first-order valence-corrected chi connectivity index (χ1v) is 8.37. The Morgan fingerprint density at radius 1 is 0.708 bits per heavy atom. The second-order valence-corrected chi connectivity index (χ2v) is 6.29. The molecule has 0 aliphatic heterocycles. The molecule has 0 heterocycles. The molecule has 24 heavy (non-hydrogen) atoms. The average Bonchev–Trinajstić information content (AvgIpc) is 2.56. The zero-order valence-corrected chi connectivity index (χ0v) is 15.5. The molecule has 4 heteroatoms. The minimum absolute atomic E-state index is 0.131. The number of rotatable bonds is 8. The van der Waals surface area contributed by atoms with Gasteiger partial charge in [-0.15, -0.1) is 0 Å². The Hall–Kier alpha value is -1.78. The van der Waals surface area contributed by atoms with E-state index >= 15 is 0 Å². The highest BCUT2D eigenvalue weighted by atomic mass is 16.5. The van der Waals surface area contributed by atoms with E-state index in [4.69, 9.17) is 18.9 Å². The smallest absolute Gasteiger partial charge is 0.132 e. The first-order chi connectivity index (χ1) is 11.5. The van der Waals surface area contributed by atoms with Crippen LogP contribution in [0.3, 0.4) is 0 Å². The quantitative estimate of drug-likeness (QED) is 0.702. The molecule has 0 aliphatic rings. The van der Waals surface area contributed by atoms with Crippen LogP contribution in [0.1, 0.15) is 38.8 Å². The minimum Gasteiger partial charge on any atom is -0.496 e. The van der Waals surface area contributed by atoms with Gasteiger partial charge in [0, 0.05) is 21.9 Å². The predicted octanol–water partition coefficient (Wildman–Crippen LogP) is 4.71. The van der Waals surface area contributed by atoms with Gasteiger partial charge in [-0.1, -0.05) is 24.3 Å². The monoisotopic (exact) mass is 332 g/mol. The van der Waals surface area contributed by atoms with Crippen molar-refractivity contribution in [3.63, 3.8) is 0 Å². The van der Waals surface area contributed by atoms with Gasteiger partial charge in [0.05, 0.1) is 39.6 Å². The maximum atomic E-state index is 5.88. The van der Waals surface area contributed by atoms with Crippen molar-refractivity contribution in [1.29, 1.82) is 0 Å². The summed E-state index contributed by atoms with van der Waals surface area (Å²) in [5.41, 5.74) is 1.98. The third-order valence-electron chi connectivity index (χ3n) is 3.86. The highest BCUT2D eigenvalue weighted by molar-refractivity contribution is 5.96. The summed E-state index contributed by atoms with van der Waals surface area (Å²) in [7, 11) is 3.39. The van der Waals surface area contributed by atoms with E-state index < -0.39 is 0 Å². The molecule has 132 valence electrons. The predicted molar refractivity (Wildman–Crippen MR) is 96.9 cm³/mol. The van der Waals surface area contributed by atoms with Gasteiger partial charge in [0.1, 0.15) is 11.5 Å². The van der Waals surface area contributed by atoms with Crippen LogP contribution in [0.5, 0.6) is 11.5 Å². The lowest BCUT2D eigenvalue weighted by molar-refractivity contribution is 0.0519. The maximum Gasteiger partial charge on any atom is 0.132 e. The number of fused-ring (bicyclic) bond motifs is 1. The van der Waals surface area contributed by atoms with Crippen LogP contribution < -0.4 is 9.47 Å². The molecule has 0 N–H and O–H groups in total. The second kappa shape index (κ2) is 8.36. The molecule has 0 bridgehead atoms. The minimum atomic E-state index is 0.131. The molecule has 2 aromatic carbocycles. The lowest BCUT2D eigenvalue weighted by atomic mass is 9.98. The molecular formula is C20H28O4. The number of hydrogen-bond acceptors (Lipinski definition) is 4. The molecule has 0 saturated carbocycles. The standard InChI is InChI=1S/C20H28O4/c1-13(2)23-11-17-18(12-24-14(3)4)20(22-6)16-10-8-7-9-15(16)19(17)21-5/h7-10,13-14H,11-12H2,1-6H3. The van der Waals surface area contributed by atoms with Gasteiger partial charge in [0.25, 0.3) is 0 Å². The highest BCUT2D eigenvalue weighted by Gasteiger charge is 2.21. The van der Waals surface area contributed by atoms with Crippen LogP contribution in [-0.4, -0.2) is 26.4 Å². The van der Waals surface area contributed by atoms with Gasteiger partial charge in [-0.3, -0.25) is 0 Å². The Kier molecular flexibility index (Phi) is 6.46. The van der Waals surface area contributed by atoms with E-state index in [1.54, 1.807) is 14.2 Å². The lowest BCUT2D eigenvalue weighted by Gasteiger charge is -2.22. The molecule has 0 fully saturated rings. The van der Waals surface area contributed by atoms with Crippen LogP contribution in [0, 0.1) is 0 Å². The van der Waals surface area contributed by atoms with E-state index in [-0.39, 0.29) is 12.2 Å². The van der Waals surface area contributed by atoms with Crippen molar-refractivity contribution >= 4 is 10.8 Å². The van der Waals surface area contributed by atoms with Crippen molar-refractivity contribution in [2.24, 2.45) is 0 Å². The molecule has 0 radical (unpaired) electrons. The maximum absolute atomic E-state index is 5.88. The first kappa shape index (κ1) is 18.6. The number of methoxy groups -OCH3 is 2. The third-order valence-corrected chi connectivity index (χ3v) is 3.86. The van der Waals surface area contributed by atoms with Crippen molar-refractivity contribution in [2.45, 2.75) is 53.1 Å². The molecule has 0 aliphatic carbocycles. The van der Waals surface area contributed by atoms with E-state index in [0.29, 0.717) is 13.2 Å². The fourth-order valence-electron chi connectivity index (χ4n) is 2.75. The Bertz CT molecular complexity index is 618. The highest BCUT2D eigenvalue weighted by Crippen LogP contribution is 2.41. The second-order valence-electron chi connectivity index (χ2n) is 6.29. The van der Waals surface area contributed by atoms with Gasteiger partial charge < -0.3 is 18.9 Å². The fraction of sp³-hybridized carbons (Fsp3) is 0.500. The molecular weight excluding hydrogens is 304 g/mol. The average molecular weight is 332 g/mol. The van der Waals surface area contributed by atoms with Crippen LogP contribution in [0.15, 0.2) is 24.3 Å². The molecule has 0 unspecified atom stereocenters. The summed E-state index contributed by atoms with van der Waals surface area (Å²) >= 11 is 0. The lowest BCUT2D eigenvalue weighted by Crippen LogP contribution is -2.11. The fourth-order valence-corrected chi connectivity index (χ4v) is 2.75. The number of benzene rings is 2. The molecule has 0 spiro atoms. The molecule has 2 aromatic rings. The van der Waals surface area contributed by atoms with Crippen molar-refractivity contribution < 1.29 is 18.9 Å². The van der Waals surface area contributed by atoms with E-state index in [9.17, 15) is 0 Å². The van der Waals surface area contributed by atoms with Crippen LogP contribution in [-0.2, 0) is 22.7 Å². The van der Waals surface area contributed by atoms with Gasteiger partial charge in [0.15, 0.2) is 0 Å². The SMILES string of the molecule is COc1c(COC(C)C)c(COC(C)C)c(OC)c2ccccc12. The van der Waals surface area contributed by atoms with Crippen molar-refractivity contribution in [3.05, 3.63) is 35.4 Å². The van der Waals surface area contributed by atoms with E-state index in [1.165, 1.54) is 0 Å². The van der Waals surface area contributed by atoms with Gasteiger partial charge in [-0.2, -0.15) is 0 Å². The van der Waals surface area contributed by atoms with E-state index in [2.05, 4.69) is 0 Å². The summed E-state index contributed by atoms with van der Waals surface area (Å²) in [5, 5.41) is 2.04. The topological polar surface area (TPSA) is 36.9 Å². The van der Waals surface area contributed by atoms with Gasteiger partial charge in [-0.25, -0.2) is 0 Å². The van der Waals surface area contributed by atoms with Crippen LogP contribution in [0.25, 0.3) is 10.8 Å².